The second-order valence-electron chi connectivity index (χ2n) is 4.44. The van der Waals surface area contributed by atoms with Crippen molar-refractivity contribution in [2.45, 2.75) is 17.9 Å². The van der Waals surface area contributed by atoms with Gasteiger partial charge in [0.15, 0.2) is 9.84 Å². The highest BCUT2D eigenvalue weighted by atomic mass is 35.5. The van der Waals surface area contributed by atoms with E-state index in [4.69, 9.17) is 11.6 Å². The number of benzene rings is 1. The standard InChI is InChI=1S/C14H16ClNO3S2/c1-2-21(18,19)13-6-4-3-5-10(13)16-9-11(17)12-7-8-14(15)20-12/h3-8,11,16-17H,2,9H2,1H3/t11-/m1/s1. The average molecular weight is 346 g/mol. The highest BCUT2D eigenvalue weighted by molar-refractivity contribution is 7.91. The first-order chi connectivity index (χ1) is 9.94. The third kappa shape index (κ3) is 3.97. The van der Waals surface area contributed by atoms with Gasteiger partial charge in [0.05, 0.1) is 20.7 Å². The summed E-state index contributed by atoms with van der Waals surface area (Å²) in [7, 11) is -3.30. The number of thiophene rings is 1. The lowest BCUT2D eigenvalue weighted by molar-refractivity contribution is 0.195. The van der Waals surface area contributed by atoms with Crippen molar-refractivity contribution >= 4 is 38.5 Å². The molecule has 1 atom stereocenters. The quantitative estimate of drug-likeness (QED) is 0.842. The van der Waals surface area contributed by atoms with E-state index in [1.165, 1.54) is 11.3 Å². The van der Waals surface area contributed by atoms with Gasteiger partial charge in [-0.3, -0.25) is 0 Å². The first-order valence-electron chi connectivity index (χ1n) is 6.43. The summed E-state index contributed by atoms with van der Waals surface area (Å²) in [5, 5.41) is 13.1. The molecule has 1 heterocycles. The van der Waals surface area contributed by atoms with Crippen molar-refractivity contribution in [3.8, 4) is 0 Å². The van der Waals surface area contributed by atoms with Gasteiger partial charge in [-0.15, -0.1) is 11.3 Å². The smallest absolute Gasteiger partial charge is 0.180 e. The molecule has 114 valence electrons. The van der Waals surface area contributed by atoms with Crippen LogP contribution in [0.4, 0.5) is 5.69 Å². The average Bonchev–Trinajstić information content (AvgIpc) is 2.91. The van der Waals surface area contributed by atoms with Crippen molar-refractivity contribution in [3.05, 3.63) is 45.6 Å². The number of halogens is 1. The topological polar surface area (TPSA) is 66.4 Å². The minimum absolute atomic E-state index is 0.0365. The molecule has 2 N–H and O–H groups in total. The van der Waals surface area contributed by atoms with Crippen LogP contribution in [-0.2, 0) is 9.84 Å². The summed E-state index contributed by atoms with van der Waals surface area (Å²) in [5.74, 6) is 0.0365. The predicted molar refractivity (Wildman–Crippen MR) is 86.9 cm³/mol. The Kier molecular flexibility index (Phi) is 5.27. The number of hydrogen-bond donors (Lipinski definition) is 2. The van der Waals surface area contributed by atoms with Crippen molar-refractivity contribution in [2.75, 3.05) is 17.6 Å². The van der Waals surface area contributed by atoms with Gasteiger partial charge in [0, 0.05) is 11.4 Å². The number of para-hydroxylation sites is 1. The highest BCUT2D eigenvalue weighted by Crippen LogP contribution is 2.28. The van der Waals surface area contributed by atoms with Crippen LogP contribution < -0.4 is 5.32 Å². The first-order valence-corrected chi connectivity index (χ1v) is 9.27. The molecule has 0 radical (unpaired) electrons. The minimum Gasteiger partial charge on any atom is -0.386 e. The molecule has 0 bridgehead atoms. The van der Waals surface area contributed by atoms with Gasteiger partial charge >= 0.3 is 0 Å². The van der Waals surface area contributed by atoms with Crippen LogP contribution in [0.15, 0.2) is 41.3 Å². The van der Waals surface area contributed by atoms with Crippen LogP contribution in [0.2, 0.25) is 4.34 Å². The normalized spacial score (nSPS) is 13.1. The van der Waals surface area contributed by atoms with Gasteiger partial charge < -0.3 is 10.4 Å². The molecule has 0 saturated heterocycles. The molecule has 0 fully saturated rings. The van der Waals surface area contributed by atoms with Crippen LogP contribution in [0, 0.1) is 0 Å². The van der Waals surface area contributed by atoms with Crippen molar-refractivity contribution in [3.63, 3.8) is 0 Å². The van der Waals surface area contributed by atoms with Crippen LogP contribution in [0.5, 0.6) is 0 Å². The van der Waals surface area contributed by atoms with Crippen LogP contribution in [0.25, 0.3) is 0 Å². The Labute approximate surface area is 133 Å². The maximum Gasteiger partial charge on any atom is 0.180 e. The molecule has 0 aliphatic rings. The van der Waals surface area contributed by atoms with Crippen molar-refractivity contribution < 1.29 is 13.5 Å². The van der Waals surface area contributed by atoms with E-state index in [0.29, 0.717) is 10.0 Å². The number of sulfone groups is 1. The fourth-order valence-corrected chi connectivity index (χ4v) is 3.97. The van der Waals surface area contributed by atoms with E-state index in [2.05, 4.69) is 5.32 Å². The fraction of sp³-hybridized carbons (Fsp3) is 0.286. The maximum atomic E-state index is 12.0. The summed E-state index contributed by atoms with van der Waals surface area (Å²) in [6.45, 7) is 1.82. The van der Waals surface area contributed by atoms with Crippen molar-refractivity contribution in [1.82, 2.24) is 0 Å². The Bertz CT molecular complexity index is 713. The molecular formula is C14H16ClNO3S2. The van der Waals surface area contributed by atoms with Gasteiger partial charge in [-0.25, -0.2) is 8.42 Å². The Morgan fingerprint density at radius 2 is 2.00 bits per heavy atom. The number of aliphatic hydroxyl groups excluding tert-OH is 1. The number of rotatable bonds is 6. The second kappa shape index (κ2) is 6.79. The highest BCUT2D eigenvalue weighted by Gasteiger charge is 2.17. The summed E-state index contributed by atoms with van der Waals surface area (Å²) in [4.78, 5) is 0.993. The summed E-state index contributed by atoms with van der Waals surface area (Å²) in [6, 6.07) is 10.2. The molecule has 0 unspecified atom stereocenters. The summed E-state index contributed by atoms with van der Waals surface area (Å²) >= 11 is 7.14. The van der Waals surface area contributed by atoms with Gasteiger partial charge in [0.2, 0.25) is 0 Å². The van der Waals surface area contributed by atoms with Gasteiger partial charge in [-0.2, -0.15) is 0 Å². The molecule has 0 amide bonds. The van der Waals surface area contributed by atoms with E-state index in [1.807, 2.05) is 0 Å². The van der Waals surface area contributed by atoms with E-state index < -0.39 is 15.9 Å². The first kappa shape index (κ1) is 16.3. The van der Waals surface area contributed by atoms with E-state index in [1.54, 1.807) is 43.3 Å². The van der Waals surface area contributed by atoms with Crippen molar-refractivity contribution in [2.24, 2.45) is 0 Å². The molecular weight excluding hydrogens is 330 g/mol. The SMILES string of the molecule is CCS(=O)(=O)c1ccccc1NC[C@@H](O)c1ccc(Cl)s1. The summed E-state index contributed by atoms with van der Waals surface area (Å²) in [6.07, 6.45) is -0.736. The summed E-state index contributed by atoms with van der Waals surface area (Å²) < 4.78 is 24.7. The van der Waals surface area contributed by atoms with Crippen LogP contribution in [0.3, 0.4) is 0 Å². The molecule has 4 nitrogen and oxygen atoms in total. The van der Waals surface area contributed by atoms with Gasteiger partial charge in [-0.05, 0) is 24.3 Å². The zero-order chi connectivity index (χ0) is 15.5. The predicted octanol–water partition coefficient (Wildman–Crippen LogP) is 3.34. The zero-order valence-electron chi connectivity index (χ0n) is 11.4. The molecule has 7 heteroatoms. The molecule has 21 heavy (non-hydrogen) atoms. The van der Waals surface area contributed by atoms with E-state index in [9.17, 15) is 13.5 Å². The lowest BCUT2D eigenvalue weighted by Gasteiger charge is -2.14. The van der Waals surface area contributed by atoms with Crippen LogP contribution in [-0.4, -0.2) is 25.8 Å². The molecule has 1 aromatic carbocycles. The van der Waals surface area contributed by atoms with E-state index in [0.717, 1.165) is 4.88 Å². The maximum absolute atomic E-state index is 12.0. The Hall–Kier alpha value is -1.08. The molecule has 0 aliphatic heterocycles. The third-order valence-electron chi connectivity index (χ3n) is 3.01. The molecule has 2 rings (SSSR count). The van der Waals surface area contributed by atoms with Crippen LogP contribution in [0.1, 0.15) is 17.9 Å². The number of hydrogen-bond acceptors (Lipinski definition) is 5. The molecule has 1 aromatic heterocycles. The van der Waals surface area contributed by atoms with E-state index >= 15 is 0 Å². The third-order valence-corrected chi connectivity index (χ3v) is 6.13. The molecule has 0 aliphatic carbocycles. The van der Waals surface area contributed by atoms with Crippen LogP contribution >= 0.6 is 22.9 Å². The lowest BCUT2D eigenvalue weighted by Crippen LogP contribution is -2.14. The monoisotopic (exact) mass is 345 g/mol. The Balaban J connectivity index is 2.14. The Morgan fingerprint density at radius 1 is 1.29 bits per heavy atom. The molecule has 0 saturated carbocycles. The Morgan fingerprint density at radius 3 is 2.62 bits per heavy atom. The molecule has 0 spiro atoms. The number of nitrogens with one attached hydrogen (secondary N) is 1. The zero-order valence-corrected chi connectivity index (χ0v) is 13.8. The summed E-state index contributed by atoms with van der Waals surface area (Å²) in [5.41, 5.74) is 0.501. The molecule has 2 aromatic rings. The van der Waals surface area contributed by atoms with Gasteiger partial charge in [0.1, 0.15) is 6.10 Å². The van der Waals surface area contributed by atoms with Crippen molar-refractivity contribution in [1.29, 1.82) is 0 Å². The second-order valence-corrected chi connectivity index (χ2v) is 8.43. The van der Waals surface area contributed by atoms with E-state index in [-0.39, 0.29) is 17.2 Å². The largest absolute Gasteiger partial charge is 0.386 e. The lowest BCUT2D eigenvalue weighted by atomic mass is 10.2. The fourth-order valence-electron chi connectivity index (χ4n) is 1.85. The van der Waals surface area contributed by atoms with Gasteiger partial charge in [0.25, 0.3) is 0 Å². The van der Waals surface area contributed by atoms with Gasteiger partial charge in [-0.1, -0.05) is 30.7 Å². The minimum atomic E-state index is -3.30. The number of anilines is 1. The number of aliphatic hydroxyl groups is 1.